The van der Waals surface area contributed by atoms with Crippen molar-refractivity contribution in [3.8, 4) is 5.75 Å². The van der Waals surface area contributed by atoms with Gasteiger partial charge in [0.15, 0.2) is 0 Å². The zero-order valence-electron chi connectivity index (χ0n) is 11.9. The third kappa shape index (κ3) is 3.07. The Balaban J connectivity index is 3.28. The molecule has 1 N–H and O–H groups in total. The van der Waals surface area contributed by atoms with E-state index in [-0.39, 0.29) is 5.92 Å². The Morgan fingerprint density at radius 3 is 2.50 bits per heavy atom. The summed E-state index contributed by atoms with van der Waals surface area (Å²) in [5.41, 5.74) is 3.03. The van der Waals surface area contributed by atoms with Crippen LogP contribution in [0.2, 0.25) is 0 Å². The Labute approximate surface area is 118 Å². The molecule has 3 heteroatoms. The summed E-state index contributed by atoms with van der Waals surface area (Å²) < 4.78 is 6.51. The molecule has 0 saturated heterocycles. The molecular weight excluding hydrogens is 292 g/mol. The van der Waals surface area contributed by atoms with Crippen molar-refractivity contribution in [1.29, 1.82) is 0 Å². The van der Waals surface area contributed by atoms with Gasteiger partial charge in [-0.25, -0.2) is 0 Å². The van der Waals surface area contributed by atoms with Gasteiger partial charge >= 0.3 is 0 Å². The minimum Gasteiger partial charge on any atom is -0.496 e. The van der Waals surface area contributed by atoms with E-state index in [0.29, 0.717) is 0 Å². The number of hydrogen-bond acceptors (Lipinski definition) is 2. The van der Waals surface area contributed by atoms with E-state index >= 15 is 0 Å². The zero-order chi connectivity index (χ0) is 13.9. The fourth-order valence-corrected chi connectivity index (χ4v) is 2.96. The van der Waals surface area contributed by atoms with Gasteiger partial charge in [-0.2, -0.15) is 0 Å². The molecule has 0 heterocycles. The third-order valence-electron chi connectivity index (χ3n) is 3.49. The van der Waals surface area contributed by atoms with E-state index in [1.165, 1.54) is 0 Å². The van der Waals surface area contributed by atoms with Gasteiger partial charge in [-0.1, -0.05) is 36.2 Å². The number of hydrogen-bond donors (Lipinski definition) is 1. The molecule has 0 radical (unpaired) electrons. The third-order valence-corrected chi connectivity index (χ3v) is 4.31. The maximum atomic E-state index is 10.6. The Kier molecular flexibility index (Phi) is 5.67. The highest BCUT2D eigenvalue weighted by Crippen LogP contribution is 2.39. The van der Waals surface area contributed by atoms with Gasteiger partial charge in [-0.3, -0.25) is 0 Å². The summed E-state index contributed by atoms with van der Waals surface area (Å²) in [5, 5.41) is 10.6. The molecule has 0 aliphatic rings. The number of aryl methyl sites for hydroxylation is 1. The van der Waals surface area contributed by atoms with Crippen LogP contribution >= 0.6 is 15.9 Å². The van der Waals surface area contributed by atoms with Crippen molar-refractivity contribution >= 4 is 15.9 Å². The molecule has 0 amide bonds. The molecule has 1 rings (SSSR count). The lowest BCUT2D eigenvalue weighted by Crippen LogP contribution is -2.13. The first-order chi connectivity index (χ1) is 8.43. The van der Waals surface area contributed by atoms with Crippen LogP contribution in [-0.2, 0) is 0 Å². The molecule has 18 heavy (non-hydrogen) atoms. The summed E-state index contributed by atoms with van der Waals surface area (Å²) in [6, 6.07) is 2.04. The number of benzene rings is 1. The number of ether oxygens (including phenoxy) is 1. The summed E-state index contributed by atoms with van der Waals surface area (Å²) in [4.78, 5) is 0. The van der Waals surface area contributed by atoms with Crippen molar-refractivity contribution in [2.24, 2.45) is 5.92 Å². The highest BCUT2D eigenvalue weighted by molar-refractivity contribution is 9.10. The van der Waals surface area contributed by atoms with Gasteiger partial charge in [-0.05, 0) is 43.4 Å². The molecule has 2 unspecified atom stereocenters. The Morgan fingerprint density at radius 1 is 1.39 bits per heavy atom. The number of aliphatic hydroxyl groups excluding tert-OH is 1. The second kappa shape index (κ2) is 6.58. The van der Waals surface area contributed by atoms with Crippen LogP contribution in [0, 0.1) is 19.8 Å². The smallest absolute Gasteiger partial charge is 0.127 e. The van der Waals surface area contributed by atoms with Crippen LogP contribution in [0.25, 0.3) is 0 Å². The molecule has 0 spiro atoms. The second-order valence-corrected chi connectivity index (χ2v) is 5.81. The molecule has 0 aliphatic heterocycles. The van der Waals surface area contributed by atoms with E-state index in [4.69, 9.17) is 4.74 Å². The van der Waals surface area contributed by atoms with E-state index in [1.807, 2.05) is 19.9 Å². The molecular formula is C15H23BrO2. The summed E-state index contributed by atoms with van der Waals surface area (Å²) in [7, 11) is 1.66. The van der Waals surface area contributed by atoms with Gasteiger partial charge in [0.1, 0.15) is 5.75 Å². The zero-order valence-corrected chi connectivity index (χ0v) is 13.5. The van der Waals surface area contributed by atoms with E-state index in [0.717, 1.165) is 39.8 Å². The fraction of sp³-hybridized carbons (Fsp3) is 0.600. The quantitative estimate of drug-likeness (QED) is 0.864. The number of rotatable bonds is 5. The SMILES string of the molecule is CCCC(C)C(O)c1c(C)c(Br)cc(C)c1OC. The van der Waals surface area contributed by atoms with Crippen LogP contribution in [-0.4, -0.2) is 12.2 Å². The van der Waals surface area contributed by atoms with Gasteiger partial charge in [-0.15, -0.1) is 0 Å². The van der Waals surface area contributed by atoms with Crippen molar-refractivity contribution in [2.45, 2.75) is 46.6 Å². The lowest BCUT2D eigenvalue weighted by atomic mass is 9.89. The fourth-order valence-electron chi connectivity index (χ4n) is 2.40. The average Bonchev–Trinajstić information content (AvgIpc) is 2.32. The topological polar surface area (TPSA) is 29.5 Å². The first kappa shape index (κ1) is 15.5. The van der Waals surface area contributed by atoms with Crippen molar-refractivity contribution in [1.82, 2.24) is 0 Å². The van der Waals surface area contributed by atoms with Crippen molar-refractivity contribution in [3.63, 3.8) is 0 Å². The molecule has 0 aromatic heterocycles. The van der Waals surface area contributed by atoms with E-state index < -0.39 is 6.10 Å². The van der Waals surface area contributed by atoms with Gasteiger partial charge in [0.2, 0.25) is 0 Å². The highest BCUT2D eigenvalue weighted by atomic mass is 79.9. The van der Waals surface area contributed by atoms with Gasteiger partial charge in [0.05, 0.1) is 13.2 Å². The van der Waals surface area contributed by atoms with Crippen LogP contribution < -0.4 is 4.74 Å². The lowest BCUT2D eigenvalue weighted by Gasteiger charge is -2.24. The summed E-state index contributed by atoms with van der Waals surface area (Å²) >= 11 is 3.55. The Bertz CT molecular complexity index is 415. The largest absolute Gasteiger partial charge is 0.496 e. The number of methoxy groups -OCH3 is 1. The summed E-state index contributed by atoms with van der Waals surface area (Å²) in [6.45, 7) is 8.25. The van der Waals surface area contributed by atoms with Crippen LogP contribution in [0.5, 0.6) is 5.75 Å². The highest BCUT2D eigenvalue weighted by Gasteiger charge is 2.24. The van der Waals surface area contributed by atoms with Crippen molar-refractivity contribution < 1.29 is 9.84 Å². The van der Waals surface area contributed by atoms with Crippen LogP contribution in [0.3, 0.4) is 0 Å². The van der Waals surface area contributed by atoms with E-state index in [9.17, 15) is 5.11 Å². The average molecular weight is 315 g/mol. The van der Waals surface area contributed by atoms with Crippen LogP contribution in [0.1, 0.15) is 49.5 Å². The molecule has 2 nitrogen and oxygen atoms in total. The number of halogens is 1. The maximum absolute atomic E-state index is 10.6. The minimum absolute atomic E-state index is 0.233. The van der Waals surface area contributed by atoms with Crippen molar-refractivity contribution in [2.75, 3.05) is 7.11 Å². The van der Waals surface area contributed by atoms with Gasteiger partial charge in [0, 0.05) is 10.0 Å². The molecule has 1 aromatic rings. The molecule has 0 saturated carbocycles. The molecule has 2 atom stereocenters. The predicted octanol–water partition coefficient (Wildman–Crippen LogP) is 4.54. The lowest BCUT2D eigenvalue weighted by molar-refractivity contribution is 0.108. The standard InChI is InChI=1S/C15H23BrO2/c1-6-7-9(2)14(17)13-11(4)12(16)8-10(3)15(13)18-5/h8-9,14,17H,6-7H2,1-5H3. The Hall–Kier alpha value is -0.540. The molecule has 0 aliphatic carbocycles. The molecule has 102 valence electrons. The van der Waals surface area contributed by atoms with Crippen molar-refractivity contribution in [3.05, 3.63) is 27.2 Å². The van der Waals surface area contributed by atoms with Gasteiger partial charge < -0.3 is 9.84 Å². The molecule has 1 aromatic carbocycles. The summed E-state index contributed by atoms with van der Waals surface area (Å²) in [6.07, 6.45) is 1.61. The van der Waals surface area contributed by atoms with Gasteiger partial charge in [0.25, 0.3) is 0 Å². The van der Waals surface area contributed by atoms with Crippen LogP contribution in [0.15, 0.2) is 10.5 Å². The monoisotopic (exact) mass is 314 g/mol. The maximum Gasteiger partial charge on any atom is 0.127 e. The molecule has 0 fully saturated rings. The normalized spacial score (nSPS) is 14.4. The van der Waals surface area contributed by atoms with E-state index in [2.05, 4.69) is 29.8 Å². The Morgan fingerprint density at radius 2 is 2.00 bits per heavy atom. The number of aliphatic hydroxyl groups is 1. The predicted molar refractivity (Wildman–Crippen MR) is 79.2 cm³/mol. The summed E-state index contributed by atoms with van der Waals surface area (Å²) in [5.74, 6) is 1.04. The molecule has 0 bridgehead atoms. The van der Waals surface area contributed by atoms with E-state index in [1.54, 1.807) is 7.11 Å². The van der Waals surface area contributed by atoms with Crippen LogP contribution in [0.4, 0.5) is 0 Å². The first-order valence-electron chi connectivity index (χ1n) is 6.45. The first-order valence-corrected chi connectivity index (χ1v) is 7.24. The second-order valence-electron chi connectivity index (χ2n) is 4.96. The minimum atomic E-state index is -0.476.